The number of hydrogen-bond acceptors (Lipinski definition) is 1. The highest BCUT2D eigenvalue weighted by atomic mass is 16.5. The monoisotopic (exact) mass is 340 g/mol. The third kappa shape index (κ3) is 3.06. The summed E-state index contributed by atoms with van der Waals surface area (Å²) in [4.78, 5) is 0. The molecule has 0 aliphatic carbocycles. The van der Waals surface area contributed by atoms with Gasteiger partial charge in [0.15, 0.2) is 0 Å². The van der Waals surface area contributed by atoms with Crippen LogP contribution in [-0.2, 0) is 0 Å². The number of aryl methyl sites for hydroxylation is 1. The average Bonchev–Trinajstić information content (AvgIpc) is 2.67. The molecule has 4 rings (SSSR count). The fraction of sp³-hybridized carbons (Fsp3) is 0.200. The van der Waals surface area contributed by atoms with Crippen LogP contribution >= 0.6 is 0 Å². The predicted octanol–water partition coefficient (Wildman–Crippen LogP) is 7.61. The van der Waals surface area contributed by atoms with E-state index in [0.29, 0.717) is 5.92 Å². The lowest BCUT2D eigenvalue weighted by molar-refractivity contribution is 0.487. The molecule has 0 amide bonds. The Hall–Kier alpha value is -2.80. The smallest absolute Gasteiger partial charge is 0.135 e. The molecule has 4 aromatic carbocycles. The Morgan fingerprint density at radius 1 is 0.808 bits per heavy atom. The van der Waals surface area contributed by atoms with E-state index in [2.05, 4.69) is 93.6 Å². The highest BCUT2D eigenvalue weighted by Gasteiger charge is 2.10. The van der Waals surface area contributed by atoms with Crippen molar-refractivity contribution in [3.05, 3.63) is 83.9 Å². The fourth-order valence-electron chi connectivity index (χ4n) is 3.59. The van der Waals surface area contributed by atoms with Crippen LogP contribution in [0.4, 0.5) is 0 Å². The van der Waals surface area contributed by atoms with Crippen LogP contribution in [0.5, 0.6) is 11.5 Å². The summed E-state index contributed by atoms with van der Waals surface area (Å²) in [5.41, 5.74) is 2.58. The van der Waals surface area contributed by atoms with Gasteiger partial charge in [-0.3, -0.25) is 0 Å². The maximum Gasteiger partial charge on any atom is 0.135 e. The molecule has 130 valence electrons. The summed E-state index contributed by atoms with van der Waals surface area (Å²) in [6.45, 7) is 6.63. The van der Waals surface area contributed by atoms with Gasteiger partial charge in [0.2, 0.25) is 0 Å². The van der Waals surface area contributed by atoms with Crippen LogP contribution in [0.3, 0.4) is 0 Å². The maximum absolute atomic E-state index is 6.42. The number of ether oxygens (including phenoxy) is 1. The van der Waals surface area contributed by atoms with E-state index >= 15 is 0 Å². The van der Waals surface area contributed by atoms with Gasteiger partial charge in [-0.2, -0.15) is 0 Å². The van der Waals surface area contributed by atoms with Crippen molar-refractivity contribution in [1.82, 2.24) is 0 Å². The minimum atomic E-state index is 0.533. The molecule has 0 heterocycles. The van der Waals surface area contributed by atoms with E-state index in [4.69, 9.17) is 4.74 Å². The first-order valence-corrected chi connectivity index (χ1v) is 9.35. The van der Waals surface area contributed by atoms with E-state index in [1.165, 1.54) is 27.3 Å². The topological polar surface area (TPSA) is 9.23 Å². The van der Waals surface area contributed by atoms with Crippen LogP contribution in [0.25, 0.3) is 21.5 Å². The van der Waals surface area contributed by atoms with Crippen molar-refractivity contribution in [1.29, 1.82) is 0 Å². The van der Waals surface area contributed by atoms with Crippen molar-refractivity contribution >= 4 is 21.5 Å². The van der Waals surface area contributed by atoms with Crippen LogP contribution in [0.1, 0.15) is 37.3 Å². The van der Waals surface area contributed by atoms with E-state index in [9.17, 15) is 0 Å². The highest BCUT2D eigenvalue weighted by Crippen LogP contribution is 2.37. The maximum atomic E-state index is 6.42. The Kier molecular flexibility index (Phi) is 4.38. The molecule has 0 radical (unpaired) electrons. The molecule has 0 aliphatic rings. The molecule has 0 fully saturated rings. The molecule has 0 saturated heterocycles. The first kappa shape index (κ1) is 16.7. The van der Waals surface area contributed by atoms with Crippen molar-refractivity contribution in [2.24, 2.45) is 0 Å². The minimum absolute atomic E-state index is 0.533. The summed E-state index contributed by atoms with van der Waals surface area (Å²) in [5, 5.41) is 4.85. The summed E-state index contributed by atoms with van der Waals surface area (Å²) < 4.78 is 6.42. The summed E-state index contributed by atoms with van der Waals surface area (Å²) in [5.74, 6) is 2.37. The zero-order valence-corrected chi connectivity index (χ0v) is 15.6. The fourth-order valence-corrected chi connectivity index (χ4v) is 3.59. The van der Waals surface area contributed by atoms with Gasteiger partial charge in [-0.1, -0.05) is 68.4 Å². The van der Waals surface area contributed by atoms with E-state index < -0.39 is 0 Å². The Labute approximate surface area is 155 Å². The summed E-state index contributed by atoms with van der Waals surface area (Å²) in [7, 11) is 0. The Morgan fingerprint density at radius 2 is 1.50 bits per heavy atom. The second kappa shape index (κ2) is 6.84. The number of rotatable bonds is 4. The van der Waals surface area contributed by atoms with Crippen molar-refractivity contribution in [2.45, 2.75) is 33.1 Å². The molecular weight excluding hydrogens is 316 g/mol. The van der Waals surface area contributed by atoms with Gasteiger partial charge in [0, 0.05) is 5.39 Å². The van der Waals surface area contributed by atoms with Crippen molar-refractivity contribution in [2.75, 3.05) is 0 Å². The Morgan fingerprint density at radius 3 is 2.27 bits per heavy atom. The lowest BCUT2D eigenvalue weighted by atomic mass is 9.97. The van der Waals surface area contributed by atoms with Gasteiger partial charge < -0.3 is 4.74 Å². The molecule has 1 nitrogen and oxygen atoms in total. The molecule has 0 N–H and O–H groups in total. The zero-order chi connectivity index (χ0) is 18.1. The molecule has 1 unspecified atom stereocenters. The van der Waals surface area contributed by atoms with Gasteiger partial charge >= 0.3 is 0 Å². The van der Waals surface area contributed by atoms with Crippen LogP contribution in [0.15, 0.2) is 72.8 Å². The SMILES string of the molecule is CCC(C)c1cc(C)cc(Oc2cc3ccccc3c3ccccc23)c1. The number of benzene rings is 4. The second-order valence-corrected chi connectivity index (χ2v) is 7.13. The normalized spacial score (nSPS) is 12.4. The van der Waals surface area contributed by atoms with Crippen molar-refractivity contribution < 1.29 is 4.74 Å². The summed E-state index contributed by atoms with van der Waals surface area (Å²) in [6, 6.07) is 25.7. The molecule has 26 heavy (non-hydrogen) atoms. The minimum Gasteiger partial charge on any atom is -0.457 e. The Bertz CT molecular complexity index is 1080. The quantitative estimate of drug-likeness (QED) is 0.347. The molecule has 0 aliphatic heterocycles. The molecular formula is C25H24O. The second-order valence-electron chi connectivity index (χ2n) is 7.13. The number of fused-ring (bicyclic) bond motifs is 3. The molecule has 0 saturated carbocycles. The first-order valence-electron chi connectivity index (χ1n) is 9.35. The predicted molar refractivity (Wildman–Crippen MR) is 111 cm³/mol. The molecule has 0 spiro atoms. The average molecular weight is 340 g/mol. The van der Waals surface area contributed by atoms with Gasteiger partial charge in [0.25, 0.3) is 0 Å². The molecule has 0 bridgehead atoms. The third-order valence-corrected chi connectivity index (χ3v) is 5.21. The molecule has 1 heteroatoms. The number of hydrogen-bond donors (Lipinski definition) is 0. The Balaban J connectivity index is 1.86. The van der Waals surface area contributed by atoms with Gasteiger partial charge in [0.05, 0.1) is 0 Å². The lowest BCUT2D eigenvalue weighted by Crippen LogP contribution is -1.94. The highest BCUT2D eigenvalue weighted by molar-refractivity contribution is 6.10. The van der Waals surface area contributed by atoms with E-state index in [-0.39, 0.29) is 0 Å². The van der Waals surface area contributed by atoms with Gasteiger partial charge in [0.1, 0.15) is 11.5 Å². The molecule has 4 aromatic rings. The summed E-state index contributed by atoms with van der Waals surface area (Å²) >= 11 is 0. The van der Waals surface area contributed by atoms with E-state index in [0.717, 1.165) is 23.3 Å². The van der Waals surface area contributed by atoms with Gasteiger partial charge in [-0.25, -0.2) is 0 Å². The first-order chi connectivity index (χ1) is 12.7. The van der Waals surface area contributed by atoms with Gasteiger partial charge in [-0.05, 0) is 64.7 Å². The van der Waals surface area contributed by atoms with Crippen LogP contribution in [-0.4, -0.2) is 0 Å². The molecule has 1 atom stereocenters. The van der Waals surface area contributed by atoms with Crippen molar-refractivity contribution in [3.63, 3.8) is 0 Å². The standard InChI is InChI=1S/C25H24O/c1-4-18(3)20-13-17(2)14-21(15-20)26-25-16-19-9-5-6-10-22(19)23-11-7-8-12-24(23)25/h5-16,18H,4H2,1-3H3. The van der Waals surface area contributed by atoms with Crippen LogP contribution in [0.2, 0.25) is 0 Å². The summed E-state index contributed by atoms with van der Waals surface area (Å²) in [6.07, 6.45) is 1.13. The van der Waals surface area contributed by atoms with Crippen LogP contribution < -0.4 is 4.74 Å². The zero-order valence-electron chi connectivity index (χ0n) is 15.6. The van der Waals surface area contributed by atoms with E-state index in [1.54, 1.807) is 0 Å². The van der Waals surface area contributed by atoms with Gasteiger partial charge in [-0.15, -0.1) is 0 Å². The van der Waals surface area contributed by atoms with E-state index in [1.807, 2.05) is 0 Å². The van der Waals surface area contributed by atoms with Crippen molar-refractivity contribution in [3.8, 4) is 11.5 Å². The largest absolute Gasteiger partial charge is 0.457 e. The van der Waals surface area contributed by atoms with Crippen LogP contribution in [0, 0.1) is 6.92 Å². The molecule has 0 aromatic heterocycles. The lowest BCUT2D eigenvalue weighted by Gasteiger charge is -2.15. The third-order valence-electron chi connectivity index (χ3n) is 5.21.